The third-order valence-corrected chi connectivity index (χ3v) is 2.50. The maximum atomic E-state index is 6.07. The van der Waals surface area contributed by atoms with E-state index in [0.29, 0.717) is 0 Å². The first kappa shape index (κ1) is 10.8. The highest BCUT2D eigenvalue weighted by Crippen LogP contribution is 2.13. The van der Waals surface area contributed by atoms with E-state index in [2.05, 4.69) is 22.2 Å². The van der Waals surface area contributed by atoms with Gasteiger partial charge in [0.1, 0.15) is 0 Å². The Hall–Kier alpha value is -1.75. The van der Waals surface area contributed by atoms with Gasteiger partial charge in [-0.1, -0.05) is 0 Å². The van der Waals surface area contributed by atoms with E-state index in [0.717, 1.165) is 24.1 Å². The van der Waals surface area contributed by atoms with Crippen molar-refractivity contribution in [2.24, 2.45) is 5.73 Å². The molecule has 0 spiro atoms. The summed E-state index contributed by atoms with van der Waals surface area (Å²) in [4.78, 5) is 0. The average molecular weight is 217 g/mol. The van der Waals surface area contributed by atoms with E-state index in [-0.39, 0.29) is 6.04 Å². The summed E-state index contributed by atoms with van der Waals surface area (Å²) in [7, 11) is 0. The molecular formula is C11H15N5. The van der Waals surface area contributed by atoms with Crippen molar-refractivity contribution < 1.29 is 0 Å². The van der Waals surface area contributed by atoms with Crippen LogP contribution in [0.5, 0.6) is 0 Å². The molecule has 84 valence electrons. The molecule has 0 aliphatic carbocycles. The van der Waals surface area contributed by atoms with Crippen LogP contribution in [0.2, 0.25) is 0 Å². The Morgan fingerprint density at radius 1 is 1.38 bits per heavy atom. The summed E-state index contributed by atoms with van der Waals surface area (Å²) < 4.78 is 1.90. The van der Waals surface area contributed by atoms with Crippen LogP contribution < -0.4 is 5.73 Å². The SMILES string of the molecule is CCn1cc(CC(N)c2ccnnc2)cn1. The number of hydrogen-bond donors (Lipinski definition) is 1. The van der Waals surface area contributed by atoms with Crippen LogP contribution in [0.1, 0.15) is 24.1 Å². The molecule has 5 heteroatoms. The highest BCUT2D eigenvalue weighted by atomic mass is 15.3. The molecule has 0 amide bonds. The predicted molar refractivity (Wildman–Crippen MR) is 60.6 cm³/mol. The highest BCUT2D eigenvalue weighted by Gasteiger charge is 2.08. The Kier molecular flexibility index (Phi) is 3.26. The maximum absolute atomic E-state index is 6.07. The summed E-state index contributed by atoms with van der Waals surface area (Å²) >= 11 is 0. The number of nitrogens with two attached hydrogens (primary N) is 1. The van der Waals surface area contributed by atoms with Crippen LogP contribution in [0.15, 0.2) is 30.9 Å². The number of aryl methyl sites for hydroxylation is 1. The summed E-state index contributed by atoms with van der Waals surface area (Å²) in [6, 6.07) is 1.84. The Bertz CT molecular complexity index is 437. The van der Waals surface area contributed by atoms with E-state index >= 15 is 0 Å². The largest absolute Gasteiger partial charge is 0.324 e. The number of rotatable bonds is 4. The maximum Gasteiger partial charge on any atom is 0.0544 e. The van der Waals surface area contributed by atoms with E-state index < -0.39 is 0 Å². The van der Waals surface area contributed by atoms with Gasteiger partial charge in [-0.25, -0.2) is 0 Å². The minimum absolute atomic E-state index is 0.0509. The Balaban J connectivity index is 2.05. The smallest absolute Gasteiger partial charge is 0.0544 e. The lowest BCUT2D eigenvalue weighted by Crippen LogP contribution is -2.13. The zero-order valence-electron chi connectivity index (χ0n) is 9.24. The van der Waals surface area contributed by atoms with Crippen molar-refractivity contribution in [3.63, 3.8) is 0 Å². The van der Waals surface area contributed by atoms with Crippen LogP contribution in [0, 0.1) is 0 Å². The molecule has 0 saturated heterocycles. The Labute approximate surface area is 94.3 Å². The molecule has 0 radical (unpaired) electrons. The summed E-state index contributed by atoms with van der Waals surface area (Å²) in [5.41, 5.74) is 8.22. The molecular weight excluding hydrogens is 202 g/mol. The van der Waals surface area contributed by atoms with Gasteiger partial charge in [0.2, 0.25) is 0 Å². The molecule has 1 unspecified atom stereocenters. The first-order valence-corrected chi connectivity index (χ1v) is 5.33. The quantitative estimate of drug-likeness (QED) is 0.827. The van der Waals surface area contributed by atoms with Crippen LogP contribution in [0.3, 0.4) is 0 Å². The Morgan fingerprint density at radius 2 is 2.25 bits per heavy atom. The zero-order chi connectivity index (χ0) is 11.4. The Morgan fingerprint density at radius 3 is 2.88 bits per heavy atom. The van der Waals surface area contributed by atoms with Gasteiger partial charge in [-0.3, -0.25) is 4.68 Å². The molecule has 2 rings (SSSR count). The normalized spacial score (nSPS) is 12.6. The van der Waals surface area contributed by atoms with Crippen LogP contribution in [-0.2, 0) is 13.0 Å². The van der Waals surface area contributed by atoms with E-state index in [4.69, 9.17) is 5.73 Å². The molecule has 16 heavy (non-hydrogen) atoms. The molecule has 2 aromatic heterocycles. The predicted octanol–water partition coefficient (Wildman–Crippen LogP) is 0.935. The fraction of sp³-hybridized carbons (Fsp3) is 0.364. The second kappa shape index (κ2) is 4.85. The summed E-state index contributed by atoms with van der Waals surface area (Å²) in [6.07, 6.45) is 8.01. The molecule has 0 aliphatic heterocycles. The van der Waals surface area contributed by atoms with Gasteiger partial charge < -0.3 is 5.73 Å². The molecule has 2 N–H and O–H groups in total. The zero-order valence-corrected chi connectivity index (χ0v) is 9.24. The lowest BCUT2D eigenvalue weighted by molar-refractivity contribution is 0.657. The minimum Gasteiger partial charge on any atom is -0.324 e. The first-order chi connectivity index (χ1) is 7.79. The molecule has 5 nitrogen and oxygen atoms in total. The van der Waals surface area contributed by atoms with Crippen molar-refractivity contribution in [3.8, 4) is 0 Å². The molecule has 0 aliphatic rings. The van der Waals surface area contributed by atoms with Crippen LogP contribution in [0.4, 0.5) is 0 Å². The monoisotopic (exact) mass is 217 g/mol. The molecule has 2 heterocycles. The van der Waals surface area contributed by atoms with Crippen molar-refractivity contribution in [2.45, 2.75) is 25.9 Å². The molecule has 1 atom stereocenters. The standard InChI is InChI=1S/C11H15N5/c1-2-16-8-9(6-15-16)5-11(12)10-3-4-13-14-7-10/h3-4,6-8,11H,2,5,12H2,1H3. The van der Waals surface area contributed by atoms with Crippen molar-refractivity contribution in [3.05, 3.63) is 42.0 Å². The van der Waals surface area contributed by atoms with E-state index in [1.54, 1.807) is 12.4 Å². The summed E-state index contributed by atoms with van der Waals surface area (Å²) in [5, 5.41) is 11.8. The second-order valence-corrected chi connectivity index (χ2v) is 3.69. The van der Waals surface area contributed by atoms with Crippen molar-refractivity contribution in [2.75, 3.05) is 0 Å². The average Bonchev–Trinajstić information content (AvgIpc) is 2.78. The van der Waals surface area contributed by atoms with Gasteiger partial charge in [0.05, 0.1) is 12.4 Å². The van der Waals surface area contributed by atoms with Crippen LogP contribution in [-0.4, -0.2) is 20.0 Å². The van der Waals surface area contributed by atoms with Gasteiger partial charge in [0, 0.05) is 25.0 Å². The van der Waals surface area contributed by atoms with Gasteiger partial charge in [0.15, 0.2) is 0 Å². The molecule has 2 aromatic rings. The van der Waals surface area contributed by atoms with Gasteiger partial charge in [-0.15, -0.1) is 0 Å². The van der Waals surface area contributed by atoms with E-state index in [1.807, 2.05) is 23.1 Å². The number of aromatic nitrogens is 4. The first-order valence-electron chi connectivity index (χ1n) is 5.33. The number of nitrogens with zero attached hydrogens (tertiary/aromatic N) is 4. The molecule has 0 fully saturated rings. The molecule has 0 bridgehead atoms. The van der Waals surface area contributed by atoms with Crippen molar-refractivity contribution in [1.29, 1.82) is 0 Å². The van der Waals surface area contributed by atoms with Crippen molar-refractivity contribution in [1.82, 2.24) is 20.0 Å². The van der Waals surface area contributed by atoms with Crippen LogP contribution in [0.25, 0.3) is 0 Å². The topological polar surface area (TPSA) is 69.6 Å². The van der Waals surface area contributed by atoms with Crippen LogP contribution >= 0.6 is 0 Å². The second-order valence-electron chi connectivity index (χ2n) is 3.69. The molecule has 0 saturated carbocycles. The summed E-state index contributed by atoms with van der Waals surface area (Å²) in [6.45, 7) is 2.94. The third kappa shape index (κ3) is 2.43. The number of hydrogen-bond acceptors (Lipinski definition) is 4. The third-order valence-electron chi connectivity index (χ3n) is 2.50. The van der Waals surface area contributed by atoms with E-state index in [1.165, 1.54) is 0 Å². The van der Waals surface area contributed by atoms with Gasteiger partial charge >= 0.3 is 0 Å². The fourth-order valence-corrected chi connectivity index (χ4v) is 1.58. The summed E-state index contributed by atoms with van der Waals surface area (Å²) in [5.74, 6) is 0. The lowest BCUT2D eigenvalue weighted by Gasteiger charge is -2.09. The van der Waals surface area contributed by atoms with Gasteiger partial charge in [0.25, 0.3) is 0 Å². The highest BCUT2D eigenvalue weighted by molar-refractivity contribution is 5.16. The fourth-order valence-electron chi connectivity index (χ4n) is 1.58. The van der Waals surface area contributed by atoms with E-state index in [9.17, 15) is 0 Å². The molecule has 0 aromatic carbocycles. The van der Waals surface area contributed by atoms with Gasteiger partial charge in [-0.2, -0.15) is 15.3 Å². The lowest BCUT2D eigenvalue weighted by atomic mass is 10.0. The van der Waals surface area contributed by atoms with Crippen molar-refractivity contribution >= 4 is 0 Å². The minimum atomic E-state index is -0.0509. The van der Waals surface area contributed by atoms with Gasteiger partial charge in [-0.05, 0) is 30.5 Å².